The number of rotatable bonds is 6. The molecule has 5 heteroatoms. The van der Waals surface area contributed by atoms with Crippen molar-refractivity contribution in [2.75, 3.05) is 25.4 Å². The number of aromatic nitrogens is 1. The molecule has 1 aromatic rings. The lowest BCUT2D eigenvalue weighted by Crippen LogP contribution is -2.42. The van der Waals surface area contributed by atoms with Crippen molar-refractivity contribution >= 4 is 11.7 Å². The smallest absolute Gasteiger partial charge is 0.252 e. The molecule has 0 spiro atoms. The molecule has 0 fully saturated rings. The molecular formula is C13H22N4O. The van der Waals surface area contributed by atoms with Gasteiger partial charge in [0.2, 0.25) is 0 Å². The fourth-order valence-corrected chi connectivity index (χ4v) is 1.86. The third-order valence-electron chi connectivity index (χ3n) is 3.04. The first-order valence-electron chi connectivity index (χ1n) is 6.32. The zero-order chi connectivity index (χ0) is 13.5. The van der Waals surface area contributed by atoms with E-state index < -0.39 is 0 Å². The summed E-state index contributed by atoms with van der Waals surface area (Å²) in [5.41, 5.74) is 6.01. The van der Waals surface area contributed by atoms with Gasteiger partial charge >= 0.3 is 0 Å². The highest BCUT2D eigenvalue weighted by molar-refractivity contribution is 5.94. The predicted octanol–water partition coefficient (Wildman–Crippen LogP) is 1.12. The molecule has 0 saturated carbocycles. The number of anilines is 1. The van der Waals surface area contributed by atoms with E-state index in [1.54, 1.807) is 12.1 Å². The third-order valence-corrected chi connectivity index (χ3v) is 3.04. The van der Waals surface area contributed by atoms with Crippen LogP contribution in [0.15, 0.2) is 18.3 Å². The molecule has 1 heterocycles. The van der Waals surface area contributed by atoms with Crippen molar-refractivity contribution in [3.8, 4) is 0 Å². The summed E-state index contributed by atoms with van der Waals surface area (Å²) in [4.78, 5) is 18.0. The van der Waals surface area contributed by atoms with Crippen LogP contribution in [0.2, 0.25) is 0 Å². The molecule has 0 radical (unpaired) electrons. The van der Waals surface area contributed by atoms with Gasteiger partial charge < -0.3 is 11.1 Å². The SMILES string of the molecule is CCN(CC)C(C)CNC(=O)c1ccc(N)nc1. The number of carbonyl (C=O) groups excluding carboxylic acids is 1. The molecule has 0 bridgehead atoms. The largest absolute Gasteiger partial charge is 0.384 e. The summed E-state index contributed by atoms with van der Waals surface area (Å²) < 4.78 is 0. The molecule has 0 aliphatic rings. The Labute approximate surface area is 108 Å². The number of hydrogen-bond donors (Lipinski definition) is 2. The van der Waals surface area contributed by atoms with Crippen LogP contribution in [0.4, 0.5) is 5.82 Å². The van der Waals surface area contributed by atoms with Gasteiger partial charge in [-0.3, -0.25) is 9.69 Å². The summed E-state index contributed by atoms with van der Waals surface area (Å²) >= 11 is 0. The quantitative estimate of drug-likeness (QED) is 0.794. The van der Waals surface area contributed by atoms with E-state index in [-0.39, 0.29) is 5.91 Å². The topological polar surface area (TPSA) is 71.2 Å². The Hall–Kier alpha value is -1.62. The third kappa shape index (κ3) is 4.00. The number of pyridine rings is 1. The number of amides is 1. The maximum Gasteiger partial charge on any atom is 0.252 e. The molecular weight excluding hydrogens is 228 g/mol. The summed E-state index contributed by atoms with van der Waals surface area (Å²) in [6.45, 7) is 8.94. The summed E-state index contributed by atoms with van der Waals surface area (Å²) in [5.74, 6) is 0.310. The van der Waals surface area contributed by atoms with Gasteiger partial charge in [0.05, 0.1) is 5.56 Å². The Kier molecular flexibility index (Phi) is 5.58. The van der Waals surface area contributed by atoms with Crippen LogP contribution in [0.5, 0.6) is 0 Å². The molecule has 0 aliphatic carbocycles. The highest BCUT2D eigenvalue weighted by atomic mass is 16.1. The number of nitrogens with two attached hydrogens (primary N) is 1. The maximum absolute atomic E-state index is 11.8. The monoisotopic (exact) mass is 250 g/mol. The standard InChI is InChI=1S/C13H22N4O/c1-4-17(5-2)10(3)8-16-13(18)11-6-7-12(14)15-9-11/h6-7,9-10H,4-5,8H2,1-3H3,(H2,14,15)(H,16,18). The fourth-order valence-electron chi connectivity index (χ4n) is 1.86. The molecule has 1 rings (SSSR count). The summed E-state index contributed by atoms with van der Waals surface area (Å²) in [6.07, 6.45) is 1.49. The van der Waals surface area contributed by atoms with E-state index in [0.717, 1.165) is 13.1 Å². The zero-order valence-corrected chi connectivity index (χ0v) is 11.3. The van der Waals surface area contributed by atoms with Gasteiger partial charge in [0.15, 0.2) is 0 Å². The predicted molar refractivity (Wildman–Crippen MR) is 73.4 cm³/mol. The second kappa shape index (κ2) is 6.96. The lowest BCUT2D eigenvalue weighted by Gasteiger charge is -2.26. The molecule has 0 saturated heterocycles. The first-order valence-corrected chi connectivity index (χ1v) is 6.32. The van der Waals surface area contributed by atoms with E-state index in [4.69, 9.17) is 5.73 Å². The second-order valence-corrected chi connectivity index (χ2v) is 4.25. The normalized spacial score (nSPS) is 12.4. The molecule has 0 aromatic carbocycles. The first kappa shape index (κ1) is 14.4. The van der Waals surface area contributed by atoms with Crippen LogP contribution in [0.1, 0.15) is 31.1 Å². The van der Waals surface area contributed by atoms with Crippen molar-refractivity contribution in [2.45, 2.75) is 26.8 Å². The average Bonchev–Trinajstić information content (AvgIpc) is 2.38. The number of hydrogen-bond acceptors (Lipinski definition) is 4. The fraction of sp³-hybridized carbons (Fsp3) is 0.538. The van der Waals surface area contributed by atoms with E-state index in [2.05, 4.69) is 36.0 Å². The highest BCUT2D eigenvalue weighted by Gasteiger charge is 2.12. The molecule has 100 valence electrons. The van der Waals surface area contributed by atoms with Crippen molar-refractivity contribution in [3.63, 3.8) is 0 Å². The van der Waals surface area contributed by atoms with Crippen molar-refractivity contribution in [2.24, 2.45) is 0 Å². The molecule has 3 N–H and O–H groups in total. The van der Waals surface area contributed by atoms with Gasteiger partial charge in [0, 0.05) is 18.8 Å². The lowest BCUT2D eigenvalue weighted by atomic mass is 10.2. The molecule has 1 atom stereocenters. The van der Waals surface area contributed by atoms with Crippen LogP contribution in [0.3, 0.4) is 0 Å². The van der Waals surface area contributed by atoms with Crippen molar-refractivity contribution in [3.05, 3.63) is 23.9 Å². The minimum atomic E-state index is -0.110. The Balaban J connectivity index is 2.48. The number of nitrogens with zero attached hydrogens (tertiary/aromatic N) is 2. The van der Waals surface area contributed by atoms with Crippen molar-refractivity contribution in [1.29, 1.82) is 0 Å². The Morgan fingerprint density at radius 3 is 2.61 bits per heavy atom. The van der Waals surface area contributed by atoms with Gasteiger partial charge in [-0.25, -0.2) is 4.98 Å². The molecule has 18 heavy (non-hydrogen) atoms. The van der Waals surface area contributed by atoms with E-state index in [0.29, 0.717) is 24.0 Å². The maximum atomic E-state index is 11.8. The number of carbonyl (C=O) groups is 1. The first-order chi connectivity index (χ1) is 8.58. The summed E-state index contributed by atoms with van der Waals surface area (Å²) in [7, 11) is 0. The molecule has 1 aromatic heterocycles. The van der Waals surface area contributed by atoms with Crippen LogP contribution in [-0.2, 0) is 0 Å². The van der Waals surface area contributed by atoms with Crippen LogP contribution >= 0.6 is 0 Å². The summed E-state index contributed by atoms with van der Waals surface area (Å²) in [6, 6.07) is 3.63. The molecule has 1 amide bonds. The second-order valence-electron chi connectivity index (χ2n) is 4.25. The van der Waals surface area contributed by atoms with E-state index >= 15 is 0 Å². The zero-order valence-electron chi connectivity index (χ0n) is 11.3. The number of likely N-dealkylation sites (N-methyl/N-ethyl adjacent to an activating group) is 1. The van der Waals surface area contributed by atoms with E-state index in [9.17, 15) is 4.79 Å². The van der Waals surface area contributed by atoms with Crippen molar-refractivity contribution in [1.82, 2.24) is 15.2 Å². The molecule has 0 aliphatic heterocycles. The Bertz CT molecular complexity index is 373. The van der Waals surface area contributed by atoms with Gasteiger partial charge in [0.1, 0.15) is 5.82 Å². The molecule has 5 nitrogen and oxygen atoms in total. The van der Waals surface area contributed by atoms with Gasteiger partial charge in [0.25, 0.3) is 5.91 Å². The highest BCUT2D eigenvalue weighted by Crippen LogP contribution is 2.02. The number of nitrogens with one attached hydrogen (secondary N) is 1. The summed E-state index contributed by atoms with van der Waals surface area (Å²) in [5, 5.41) is 2.91. The Morgan fingerprint density at radius 2 is 2.11 bits per heavy atom. The van der Waals surface area contributed by atoms with Gasteiger partial charge in [-0.2, -0.15) is 0 Å². The lowest BCUT2D eigenvalue weighted by molar-refractivity contribution is 0.0937. The van der Waals surface area contributed by atoms with E-state index in [1.807, 2.05) is 0 Å². The van der Waals surface area contributed by atoms with Crippen molar-refractivity contribution < 1.29 is 4.79 Å². The Morgan fingerprint density at radius 1 is 1.44 bits per heavy atom. The van der Waals surface area contributed by atoms with Gasteiger partial charge in [-0.05, 0) is 32.1 Å². The number of nitrogen functional groups attached to an aromatic ring is 1. The van der Waals surface area contributed by atoms with Gasteiger partial charge in [-0.15, -0.1) is 0 Å². The minimum Gasteiger partial charge on any atom is -0.384 e. The minimum absolute atomic E-state index is 0.110. The average molecular weight is 250 g/mol. The van der Waals surface area contributed by atoms with Gasteiger partial charge in [-0.1, -0.05) is 13.8 Å². The van der Waals surface area contributed by atoms with E-state index in [1.165, 1.54) is 6.20 Å². The van der Waals surface area contributed by atoms with Crippen LogP contribution in [0, 0.1) is 0 Å². The van der Waals surface area contributed by atoms with Crippen LogP contribution in [0.25, 0.3) is 0 Å². The van der Waals surface area contributed by atoms with Crippen LogP contribution < -0.4 is 11.1 Å². The molecule has 1 unspecified atom stereocenters. The van der Waals surface area contributed by atoms with Crippen LogP contribution in [-0.4, -0.2) is 41.5 Å².